The molecule has 17 heavy (non-hydrogen) atoms. The smallest absolute Gasteiger partial charge is 0.368 e. The fourth-order valence-electron chi connectivity index (χ4n) is 2.02. The van der Waals surface area contributed by atoms with E-state index in [1.807, 2.05) is 0 Å². The van der Waals surface area contributed by atoms with Gasteiger partial charge in [-0.05, 0) is 13.0 Å². The molecule has 1 N–H and O–H groups in total. The van der Waals surface area contributed by atoms with Gasteiger partial charge in [0, 0.05) is 12.1 Å². The molecule has 1 aromatic rings. The van der Waals surface area contributed by atoms with Crippen molar-refractivity contribution >= 4 is 11.6 Å². The fourth-order valence-corrected chi connectivity index (χ4v) is 2.02. The number of likely N-dealkylation sites (N-methyl/N-ethyl adjacent to an activating group) is 1. The Morgan fingerprint density at radius 3 is 2.47 bits per heavy atom. The van der Waals surface area contributed by atoms with Crippen molar-refractivity contribution in [3.8, 4) is 0 Å². The second-order valence-corrected chi connectivity index (χ2v) is 3.77. The van der Waals surface area contributed by atoms with E-state index in [-0.39, 0.29) is 12.2 Å². The van der Waals surface area contributed by atoms with Gasteiger partial charge in [-0.3, -0.25) is 4.79 Å². The van der Waals surface area contributed by atoms with Crippen molar-refractivity contribution in [3.63, 3.8) is 0 Å². The van der Waals surface area contributed by atoms with Crippen LogP contribution < -0.4 is 4.90 Å². The predicted molar refractivity (Wildman–Crippen MR) is 54.4 cm³/mol. The number of carbonyl (C=O) groups is 1. The van der Waals surface area contributed by atoms with Crippen LogP contribution in [0.4, 0.5) is 18.9 Å². The molecule has 3 nitrogen and oxygen atoms in total. The summed E-state index contributed by atoms with van der Waals surface area (Å²) in [5.74, 6) is -1.34. The van der Waals surface area contributed by atoms with E-state index in [9.17, 15) is 23.1 Å². The summed E-state index contributed by atoms with van der Waals surface area (Å²) in [6.07, 6.45) is -5.02. The topological polar surface area (TPSA) is 40.5 Å². The number of hydrogen-bond acceptors (Lipinski definition) is 2. The van der Waals surface area contributed by atoms with Crippen LogP contribution >= 0.6 is 0 Å². The van der Waals surface area contributed by atoms with Gasteiger partial charge in [-0.15, -0.1) is 0 Å². The summed E-state index contributed by atoms with van der Waals surface area (Å²) in [5, 5.41) is 9.73. The van der Waals surface area contributed by atoms with Gasteiger partial charge in [0.1, 0.15) is 0 Å². The van der Waals surface area contributed by atoms with E-state index in [4.69, 9.17) is 0 Å². The first-order chi connectivity index (χ1) is 7.84. The lowest BCUT2D eigenvalue weighted by Crippen LogP contribution is -2.50. The lowest BCUT2D eigenvalue weighted by molar-refractivity contribution is -0.253. The van der Waals surface area contributed by atoms with Crippen LogP contribution in [0.2, 0.25) is 0 Å². The van der Waals surface area contributed by atoms with Crippen LogP contribution in [0.25, 0.3) is 0 Å². The van der Waals surface area contributed by atoms with E-state index < -0.39 is 23.2 Å². The lowest BCUT2D eigenvalue weighted by Gasteiger charge is -2.25. The number of para-hydroxylation sites is 1. The minimum atomic E-state index is -5.02. The van der Waals surface area contributed by atoms with Gasteiger partial charge in [0.25, 0.3) is 11.5 Å². The molecule has 1 aromatic carbocycles. The number of amides is 1. The molecule has 1 aliphatic heterocycles. The number of halogens is 3. The Kier molecular flexibility index (Phi) is 2.43. The minimum absolute atomic E-state index is 0.0776. The number of carbonyl (C=O) groups excluding carboxylic acids is 1. The van der Waals surface area contributed by atoms with Crippen molar-refractivity contribution in [2.75, 3.05) is 11.4 Å². The second-order valence-electron chi connectivity index (χ2n) is 3.77. The van der Waals surface area contributed by atoms with Gasteiger partial charge in [-0.25, -0.2) is 0 Å². The van der Waals surface area contributed by atoms with Crippen LogP contribution in [-0.4, -0.2) is 23.7 Å². The first-order valence-electron chi connectivity index (χ1n) is 5.04. The highest BCUT2D eigenvalue weighted by Gasteiger charge is 2.66. The maximum absolute atomic E-state index is 12.9. The Bertz CT molecular complexity index is 472. The second kappa shape index (κ2) is 3.46. The summed E-state index contributed by atoms with van der Waals surface area (Å²) in [5.41, 5.74) is -3.71. The largest absolute Gasteiger partial charge is 0.430 e. The highest BCUT2D eigenvalue weighted by atomic mass is 19.4. The van der Waals surface area contributed by atoms with E-state index in [1.54, 1.807) is 6.92 Å². The molecule has 0 aliphatic carbocycles. The fraction of sp³-hybridized carbons (Fsp3) is 0.364. The van der Waals surface area contributed by atoms with Crippen LogP contribution in [0, 0.1) is 0 Å². The molecule has 0 radical (unpaired) electrons. The molecule has 1 heterocycles. The monoisotopic (exact) mass is 245 g/mol. The maximum atomic E-state index is 12.9. The summed E-state index contributed by atoms with van der Waals surface area (Å²) in [7, 11) is 0. The van der Waals surface area contributed by atoms with Gasteiger partial charge in [0.15, 0.2) is 0 Å². The average molecular weight is 245 g/mol. The highest BCUT2D eigenvalue weighted by molar-refractivity contribution is 6.07. The van der Waals surface area contributed by atoms with Crippen molar-refractivity contribution in [1.29, 1.82) is 0 Å². The molecule has 0 spiro atoms. The Morgan fingerprint density at radius 2 is 1.94 bits per heavy atom. The van der Waals surface area contributed by atoms with Crippen LogP contribution in [0.3, 0.4) is 0 Å². The van der Waals surface area contributed by atoms with Crippen LogP contribution in [-0.2, 0) is 10.4 Å². The molecule has 1 atom stereocenters. The highest BCUT2D eigenvalue weighted by Crippen LogP contribution is 2.48. The number of aliphatic hydroxyl groups is 1. The Balaban J connectivity index is 2.69. The number of alkyl halides is 3. The third-order valence-corrected chi connectivity index (χ3v) is 2.87. The van der Waals surface area contributed by atoms with E-state index in [0.717, 1.165) is 11.0 Å². The van der Waals surface area contributed by atoms with Gasteiger partial charge in [0.2, 0.25) is 0 Å². The van der Waals surface area contributed by atoms with Crippen LogP contribution in [0.15, 0.2) is 24.3 Å². The summed E-state index contributed by atoms with van der Waals surface area (Å²) in [6.45, 7) is 1.63. The first-order valence-corrected chi connectivity index (χ1v) is 5.04. The summed E-state index contributed by atoms with van der Waals surface area (Å²) in [4.78, 5) is 12.7. The molecule has 6 heteroatoms. The van der Waals surface area contributed by atoms with Crippen molar-refractivity contribution in [2.45, 2.75) is 18.7 Å². The van der Waals surface area contributed by atoms with Gasteiger partial charge in [-0.2, -0.15) is 13.2 Å². The van der Waals surface area contributed by atoms with Gasteiger partial charge in [-0.1, -0.05) is 18.2 Å². The molecule has 0 saturated carbocycles. The Labute approximate surface area is 95.5 Å². The summed E-state index contributed by atoms with van der Waals surface area (Å²) in [6, 6.07) is 5.40. The molecule has 92 valence electrons. The zero-order chi connectivity index (χ0) is 12.8. The van der Waals surface area contributed by atoms with Crippen molar-refractivity contribution in [1.82, 2.24) is 0 Å². The number of fused-ring (bicyclic) bond motifs is 1. The zero-order valence-corrected chi connectivity index (χ0v) is 8.95. The van der Waals surface area contributed by atoms with E-state index >= 15 is 0 Å². The number of benzene rings is 1. The Morgan fingerprint density at radius 1 is 1.35 bits per heavy atom. The third kappa shape index (κ3) is 1.37. The van der Waals surface area contributed by atoms with Gasteiger partial charge >= 0.3 is 6.18 Å². The van der Waals surface area contributed by atoms with Crippen LogP contribution in [0.5, 0.6) is 0 Å². The number of hydrogen-bond donors (Lipinski definition) is 1. The predicted octanol–water partition coefficient (Wildman–Crippen LogP) is 1.80. The third-order valence-electron chi connectivity index (χ3n) is 2.87. The van der Waals surface area contributed by atoms with E-state index in [1.165, 1.54) is 18.2 Å². The first kappa shape index (κ1) is 11.9. The molecular formula is C11H10F3NO2. The number of nitrogens with zero attached hydrogens (tertiary/aromatic N) is 1. The van der Waals surface area contributed by atoms with Gasteiger partial charge in [0.05, 0.1) is 5.69 Å². The zero-order valence-electron chi connectivity index (χ0n) is 8.95. The molecule has 1 amide bonds. The lowest BCUT2D eigenvalue weighted by atomic mass is 9.95. The van der Waals surface area contributed by atoms with Crippen molar-refractivity contribution < 1.29 is 23.1 Å². The van der Waals surface area contributed by atoms with Crippen molar-refractivity contribution in [3.05, 3.63) is 29.8 Å². The SMILES string of the molecule is CCN1C(=O)C(O)(C(F)(F)F)c2ccccc21. The summed E-state index contributed by atoms with van der Waals surface area (Å²) < 4.78 is 38.7. The normalized spacial score (nSPS) is 24.1. The number of anilines is 1. The molecule has 1 aliphatic rings. The van der Waals surface area contributed by atoms with Crippen molar-refractivity contribution in [2.24, 2.45) is 0 Å². The molecule has 0 aromatic heterocycles. The molecule has 0 bridgehead atoms. The van der Waals surface area contributed by atoms with E-state index in [2.05, 4.69) is 0 Å². The van der Waals surface area contributed by atoms with Gasteiger partial charge < -0.3 is 10.0 Å². The molecular weight excluding hydrogens is 235 g/mol. The summed E-state index contributed by atoms with van der Waals surface area (Å²) >= 11 is 0. The Hall–Kier alpha value is -1.56. The number of rotatable bonds is 1. The molecule has 0 saturated heterocycles. The quantitative estimate of drug-likeness (QED) is 0.819. The minimum Gasteiger partial charge on any atom is -0.368 e. The molecule has 2 rings (SSSR count). The van der Waals surface area contributed by atoms with Crippen LogP contribution in [0.1, 0.15) is 12.5 Å². The molecule has 0 fully saturated rings. The van der Waals surface area contributed by atoms with E-state index in [0.29, 0.717) is 0 Å². The maximum Gasteiger partial charge on any atom is 0.430 e. The molecule has 1 unspecified atom stereocenters. The average Bonchev–Trinajstić information content (AvgIpc) is 2.49. The standard InChI is InChI=1S/C11H10F3NO2/c1-2-15-8-6-4-3-5-7(8)10(17,9(15)16)11(12,13)14/h3-6,17H,2H2,1H3.